The molecule has 0 saturated heterocycles. The maximum Gasteiger partial charge on any atom is 1.00 e. The van der Waals surface area contributed by atoms with Gasteiger partial charge in [-0.3, -0.25) is 0 Å². The summed E-state index contributed by atoms with van der Waals surface area (Å²) in [6, 6.07) is 0.542. The summed E-state index contributed by atoms with van der Waals surface area (Å²) in [4.78, 5) is 13.4. The summed E-state index contributed by atoms with van der Waals surface area (Å²) in [5, 5.41) is 10.7. The van der Waals surface area contributed by atoms with Crippen LogP contribution in [-0.2, 0) is 4.79 Å². The van der Waals surface area contributed by atoms with Gasteiger partial charge in [0, 0.05) is 12.0 Å². The van der Waals surface area contributed by atoms with Crippen LogP contribution in [0.15, 0.2) is 0 Å². The molecule has 0 aromatic rings. The zero-order valence-corrected chi connectivity index (χ0v) is 21.1. The van der Waals surface area contributed by atoms with E-state index < -0.39 is 5.97 Å². The van der Waals surface area contributed by atoms with Gasteiger partial charge in [0.2, 0.25) is 0 Å². The van der Waals surface area contributed by atoms with E-state index in [1.54, 1.807) is 0 Å². The quantitative estimate of drug-likeness (QED) is 0.237. The van der Waals surface area contributed by atoms with E-state index in [0.717, 1.165) is 19.3 Å². The van der Waals surface area contributed by atoms with Crippen molar-refractivity contribution in [2.75, 3.05) is 13.1 Å². The van der Waals surface area contributed by atoms with Crippen LogP contribution in [0.5, 0.6) is 0 Å². The third-order valence-corrected chi connectivity index (χ3v) is 5.50. The van der Waals surface area contributed by atoms with Crippen molar-refractivity contribution in [3.63, 3.8) is 0 Å². The molecule has 1 atom stereocenters. The van der Waals surface area contributed by atoms with Crippen molar-refractivity contribution >= 4 is 5.97 Å². The Kier molecular flexibility index (Phi) is 24.9. The topological polar surface area (TPSA) is 43.4 Å². The third kappa shape index (κ3) is 19.5. The molecule has 0 fully saturated rings. The van der Waals surface area contributed by atoms with E-state index in [0.29, 0.717) is 6.04 Å². The number of carbonyl (C=O) groups is 1. The minimum atomic E-state index is -0.904. The Morgan fingerprint density at radius 2 is 1.19 bits per heavy atom. The second-order valence-electron chi connectivity index (χ2n) is 7.90. The number of hydrogen-bond acceptors (Lipinski definition) is 3. The SMILES string of the molecule is CCCCCCCCN(CCCCCCCC)C(CC)CCCC(=O)[O-].[Na+]. The van der Waals surface area contributed by atoms with E-state index in [1.807, 2.05) is 0 Å². The largest absolute Gasteiger partial charge is 1.00 e. The van der Waals surface area contributed by atoms with Crippen molar-refractivity contribution in [1.29, 1.82) is 0 Å². The minimum absolute atomic E-state index is 0. The van der Waals surface area contributed by atoms with Crippen molar-refractivity contribution in [2.24, 2.45) is 0 Å². The molecule has 0 aliphatic heterocycles. The van der Waals surface area contributed by atoms with Crippen molar-refractivity contribution < 1.29 is 39.5 Å². The summed E-state index contributed by atoms with van der Waals surface area (Å²) >= 11 is 0. The first kappa shape index (κ1) is 29.6. The van der Waals surface area contributed by atoms with Gasteiger partial charge in [-0.2, -0.15) is 0 Å². The Morgan fingerprint density at radius 1 is 0.741 bits per heavy atom. The van der Waals surface area contributed by atoms with Gasteiger partial charge in [0.25, 0.3) is 0 Å². The Morgan fingerprint density at radius 3 is 1.59 bits per heavy atom. The first-order valence-corrected chi connectivity index (χ1v) is 11.6. The average molecular weight is 392 g/mol. The zero-order chi connectivity index (χ0) is 19.5. The van der Waals surface area contributed by atoms with Crippen LogP contribution in [-0.4, -0.2) is 30.0 Å². The molecule has 0 aliphatic rings. The fourth-order valence-electron chi connectivity index (χ4n) is 3.79. The number of rotatable bonds is 20. The van der Waals surface area contributed by atoms with Gasteiger partial charge in [-0.25, -0.2) is 0 Å². The van der Waals surface area contributed by atoms with Crippen LogP contribution in [0.1, 0.15) is 124 Å². The van der Waals surface area contributed by atoms with Crippen LogP contribution in [0.2, 0.25) is 0 Å². The molecule has 0 aromatic carbocycles. The molecule has 156 valence electrons. The second-order valence-corrected chi connectivity index (χ2v) is 7.90. The molecule has 0 amide bonds. The van der Waals surface area contributed by atoms with Gasteiger partial charge in [-0.1, -0.05) is 85.0 Å². The summed E-state index contributed by atoms with van der Waals surface area (Å²) in [5.74, 6) is -0.904. The normalized spacial score (nSPS) is 12.1. The molecular weight excluding hydrogens is 345 g/mol. The molecule has 4 heteroatoms. The van der Waals surface area contributed by atoms with E-state index in [1.165, 1.54) is 90.1 Å². The summed E-state index contributed by atoms with van der Waals surface area (Å²) in [6.45, 7) is 9.15. The number of carboxylic acid groups (broad SMARTS) is 1. The van der Waals surface area contributed by atoms with Crippen LogP contribution in [0.4, 0.5) is 0 Å². The van der Waals surface area contributed by atoms with Crippen LogP contribution in [0.25, 0.3) is 0 Å². The molecule has 0 aliphatic carbocycles. The maximum atomic E-state index is 10.7. The second kappa shape index (κ2) is 22.7. The summed E-state index contributed by atoms with van der Waals surface area (Å²) in [5.41, 5.74) is 0. The van der Waals surface area contributed by atoms with Crippen LogP contribution in [0, 0.1) is 0 Å². The van der Waals surface area contributed by atoms with Crippen LogP contribution < -0.4 is 34.7 Å². The van der Waals surface area contributed by atoms with Gasteiger partial charge in [0.1, 0.15) is 0 Å². The first-order chi connectivity index (χ1) is 12.7. The van der Waals surface area contributed by atoms with E-state index in [2.05, 4.69) is 25.7 Å². The number of hydrogen-bond donors (Lipinski definition) is 0. The standard InChI is InChI=1S/C23H47NO2.Na/c1-4-7-9-11-13-15-20-24(21-16-14-12-10-8-5-2)22(6-3)18-17-19-23(25)26;/h22H,4-21H2,1-3H3,(H,25,26);/q;+1/p-1. The van der Waals surface area contributed by atoms with Gasteiger partial charge in [0.15, 0.2) is 0 Å². The van der Waals surface area contributed by atoms with Gasteiger partial charge >= 0.3 is 29.6 Å². The molecule has 0 heterocycles. The first-order valence-electron chi connectivity index (χ1n) is 11.6. The molecule has 0 rings (SSSR count). The van der Waals surface area contributed by atoms with E-state index >= 15 is 0 Å². The Hall–Kier alpha value is 0.430. The molecule has 0 saturated carbocycles. The van der Waals surface area contributed by atoms with E-state index in [4.69, 9.17) is 0 Å². The summed E-state index contributed by atoms with van der Waals surface area (Å²) < 4.78 is 0. The van der Waals surface area contributed by atoms with Crippen molar-refractivity contribution in [2.45, 2.75) is 130 Å². The molecule has 0 bridgehead atoms. The average Bonchev–Trinajstić information content (AvgIpc) is 2.63. The molecule has 1 unspecified atom stereocenters. The minimum Gasteiger partial charge on any atom is -0.550 e. The van der Waals surface area contributed by atoms with Crippen LogP contribution >= 0.6 is 0 Å². The monoisotopic (exact) mass is 391 g/mol. The predicted octanol–water partition coefficient (Wildman–Crippen LogP) is 2.71. The Bertz CT molecular complexity index is 297. The predicted molar refractivity (Wildman–Crippen MR) is 111 cm³/mol. The number of aliphatic carboxylic acids is 1. The smallest absolute Gasteiger partial charge is 0.550 e. The molecule has 27 heavy (non-hydrogen) atoms. The molecule has 3 nitrogen and oxygen atoms in total. The van der Waals surface area contributed by atoms with Gasteiger partial charge in [-0.05, 0) is 51.6 Å². The summed E-state index contributed by atoms with van der Waals surface area (Å²) in [7, 11) is 0. The third-order valence-electron chi connectivity index (χ3n) is 5.50. The fourth-order valence-corrected chi connectivity index (χ4v) is 3.79. The number of nitrogens with zero attached hydrogens (tertiary/aromatic N) is 1. The molecular formula is C23H46NNaO2. The fraction of sp³-hybridized carbons (Fsp3) is 0.957. The maximum absolute atomic E-state index is 10.7. The van der Waals surface area contributed by atoms with Crippen molar-refractivity contribution in [3.05, 3.63) is 0 Å². The Balaban J connectivity index is 0. The number of carboxylic acids is 1. The summed E-state index contributed by atoms with van der Waals surface area (Å²) in [6.07, 6.45) is 19.1. The Labute approximate surface area is 192 Å². The van der Waals surface area contributed by atoms with E-state index in [-0.39, 0.29) is 36.0 Å². The van der Waals surface area contributed by atoms with Gasteiger partial charge in [0.05, 0.1) is 0 Å². The number of carbonyl (C=O) groups excluding carboxylic acids is 1. The van der Waals surface area contributed by atoms with Crippen molar-refractivity contribution in [3.8, 4) is 0 Å². The van der Waals surface area contributed by atoms with Gasteiger partial charge in [-0.15, -0.1) is 0 Å². The molecule has 0 N–H and O–H groups in total. The molecule has 0 radical (unpaired) electrons. The zero-order valence-electron chi connectivity index (χ0n) is 19.1. The van der Waals surface area contributed by atoms with Gasteiger partial charge < -0.3 is 14.8 Å². The van der Waals surface area contributed by atoms with Crippen molar-refractivity contribution in [1.82, 2.24) is 4.90 Å². The number of unbranched alkanes of at least 4 members (excludes halogenated alkanes) is 10. The van der Waals surface area contributed by atoms with Crippen LogP contribution in [0.3, 0.4) is 0 Å². The molecule has 0 spiro atoms. The van der Waals surface area contributed by atoms with E-state index in [9.17, 15) is 9.90 Å². The molecule has 0 aromatic heterocycles.